The van der Waals surface area contributed by atoms with Crippen LogP contribution in [0.2, 0.25) is 0 Å². The van der Waals surface area contributed by atoms with Crippen molar-refractivity contribution in [3.63, 3.8) is 0 Å². The number of aryl methyl sites for hydroxylation is 1. The van der Waals surface area contributed by atoms with Crippen molar-refractivity contribution in [1.82, 2.24) is 10.2 Å². The molecule has 1 fully saturated rings. The van der Waals surface area contributed by atoms with Gasteiger partial charge in [-0.1, -0.05) is 6.07 Å². The predicted molar refractivity (Wildman–Crippen MR) is 105 cm³/mol. The Kier molecular flexibility index (Phi) is 6.80. The molecule has 3 rings (SSSR count). The summed E-state index contributed by atoms with van der Waals surface area (Å²) in [7, 11) is 1.41. The zero-order chi connectivity index (χ0) is 20.8. The molecule has 0 unspecified atom stereocenters. The van der Waals surface area contributed by atoms with Crippen molar-refractivity contribution in [2.45, 2.75) is 31.7 Å². The maximum Gasteiger partial charge on any atom is 0.251 e. The summed E-state index contributed by atoms with van der Waals surface area (Å²) < 4.78 is 31.6. The lowest BCUT2D eigenvalue weighted by Gasteiger charge is -2.32. The van der Waals surface area contributed by atoms with Crippen LogP contribution in [0, 0.1) is 11.6 Å². The third-order valence-electron chi connectivity index (χ3n) is 5.13. The number of piperidine rings is 1. The van der Waals surface area contributed by atoms with E-state index in [4.69, 9.17) is 4.74 Å². The molecule has 5 nitrogen and oxygen atoms in total. The molecule has 0 saturated carbocycles. The van der Waals surface area contributed by atoms with E-state index in [1.807, 2.05) is 0 Å². The van der Waals surface area contributed by atoms with Gasteiger partial charge in [-0.15, -0.1) is 0 Å². The van der Waals surface area contributed by atoms with E-state index in [-0.39, 0.29) is 29.4 Å². The van der Waals surface area contributed by atoms with Crippen LogP contribution in [0.3, 0.4) is 0 Å². The summed E-state index contributed by atoms with van der Waals surface area (Å²) >= 11 is 0. The van der Waals surface area contributed by atoms with Crippen LogP contribution in [-0.4, -0.2) is 43.0 Å². The first-order valence-corrected chi connectivity index (χ1v) is 9.63. The second kappa shape index (κ2) is 9.49. The van der Waals surface area contributed by atoms with Crippen LogP contribution in [0.4, 0.5) is 8.78 Å². The number of methoxy groups -OCH3 is 1. The molecule has 0 aromatic heterocycles. The van der Waals surface area contributed by atoms with Gasteiger partial charge in [0.2, 0.25) is 5.91 Å². The molecule has 1 aliphatic heterocycles. The highest BCUT2D eigenvalue weighted by molar-refractivity contribution is 5.94. The molecule has 154 valence electrons. The molecule has 1 aliphatic rings. The minimum absolute atomic E-state index is 0.0181. The summed E-state index contributed by atoms with van der Waals surface area (Å²) in [5, 5.41) is 2.94. The van der Waals surface area contributed by atoms with Gasteiger partial charge < -0.3 is 15.0 Å². The third-order valence-corrected chi connectivity index (χ3v) is 5.13. The molecule has 7 heteroatoms. The number of hydrogen-bond donors (Lipinski definition) is 1. The molecule has 1 heterocycles. The number of halogens is 2. The molecule has 0 radical (unpaired) electrons. The van der Waals surface area contributed by atoms with Crippen LogP contribution in [-0.2, 0) is 11.2 Å². The number of benzene rings is 2. The smallest absolute Gasteiger partial charge is 0.251 e. The number of amides is 2. The number of nitrogens with one attached hydrogen (secondary N) is 1. The van der Waals surface area contributed by atoms with Gasteiger partial charge >= 0.3 is 0 Å². The largest absolute Gasteiger partial charge is 0.494 e. The van der Waals surface area contributed by atoms with Crippen molar-refractivity contribution >= 4 is 11.8 Å². The summed E-state index contributed by atoms with van der Waals surface area (Å²) in [6, 6.07) is 10.1. The number of carbonyl (C=O) groups is 2. The first-order chi connectivity index (χ1) is 14.0. The topological polar surface area (TPSA) is 58.6 Å². The Bertz CT molecular complexity index is 863. The normalized spacial score (nSPS) is 14.5. The number of ether oxygens (including phenoxy) is 1. The van der Waals surface area contributed by atoms with Gasteiger partial charge in [0.1, 0.15) is 5.82 Å². The van der Waals surface area contributed by atoms with Crippen LogP contribution >= 0.6 is 0 Å². The summed E-state index contributed by atoms with van der Waals surface area (Å²) in [6.07, 6.45) is 2.09. The highest BCUT2D eigenvalue weighted by Crippen LogP contribution is 2.19. The highest BCUT2D eigenvalue weighted by Gasteiger charge is 2.24. The quantitative estimate of drug-likeness (QED) is 0.806. The molecule has 2 aromatic rings. The minimum atomic E-state index is -0.435. The molecular formula is C22H24F2N2O3. The number of likely N-dealkylation sites (tertiary alicyclic amines) is 1. The van der Waals surface area contributed by atoms with Crippen molar-refractivity contribution in [2.24, 2.45) is 0 Å². The van der Waals surface area contributed by atoms with E-state index in [1.54, 1.807) is 17.0 Å². The fourth-order valence-corrected chi connectivity index (χ4v) is 3.42. The molecule has 0 atom stereocenters. The van der Waals surface area contributed by atoms with Gasteiger partial charge in [-0.05, 0) is 61.2 Å². The van der Waals surface area contributed by atoms with E-state index in [0.29, 0.717) is 44.3 Å². The van der Waals surface area contributed by atoms with Crippen molar-refractivity contribution in [3.05, 3.63) is 65.2 Å². The SMILES string of the molecule is COc1ccc(CCC(=O)N2CCC(NC(=O)c3ccc(F)cc3)CC2)cc1F. The predicted octanol–water partition coefficient (Wildman–Crippen LogP) is 3.33. The number of rotatable bonds is 6. The van der Waals surface area contributed by atoms with E-state index in [2.05, 4.69) is 5.32 Å². The van der Waals surface area contributed by atoms with Crippen LogP contribution in [0.15, 0.2) is 42.5 Å². The molecule has 29 heavy (non-hydrogen) atoms. The number of nitrogens with zero attached hydrogens (tertiary/aromatic N) is 1. The van der Waals surface area contributed by atoms with Gasteiger partial charge in [0.15, 0.2) is 11.6 Å². The summed E-state index contributed by atoms with van der Waals surface area (Å²) in [5.41, 5.74) is 1.16. The van der Waals surface area contributed by atoms with E-state index < -0.39 is 5.82 Å². The lowest BCUT2D eigenvalue weighted by atomic mass is 10.0. The molecule has 0 spiro atoms. The summed E-state index contributed by atoms with van der Waals surface area (Å²) in [6.45, 7) is 1.12. The lowest BCUT2D eigenvalue weighted by Crippen LogP contribution is -2.46. The Labute approximate surface area is 168 Å². The average Bonchev–Trinajstić information content (AvgIpc) is 2.73. The Morgan fingerprint density at radius 3 is 2.41 bits per heavy atom. The Morgan fingerprint density at radius 1 is 1.10 bits per heavy atom. The van der Waals surface area contributed by atoms with Crippen molar-refractivity contribution in [3.8, 4) is 5.75 Å². The van der Waals surface area contributed by atoms with Gasteiger partial charge in [0.05, 0.1) is 7.11 Å². The van der Waals surface area contributed by atoms with Crippen LogP contribution in [0.1, 0.15) is 35.2 Å². The van der Waals surface area contributed by atoms with E-state index >= 15 is 0 Å². The lowest BCUT2D eigenvalue weighted by molar-refractivity contribution is -0.132. The van der Waals surface area contributed by atoms with Crippen LogP contribution in [0.25, 0.3) is 0 Å². The summed E-state index contributed by atoms with van der Waals surface area (Å²) in [5.74, 6) is -0.855. The zero-order valence-corrected chi connectivity index (χ0v) is 16.3. The van der Waals surface area contributed by atoms with Gasteiger partial charge in [0.25, 0.3) is 5.91 Å². The standard InChI is InChI=1S/C22H24F2N2O3/c1-29-20-8-2-15(14-19(20)24)3-9-21(27)26-12-10-18(11-13-26)25-22(28)16-4-6-17(23)7-5-16/h2,4-8,14,18H,3,9-13H2,1H3,(H,25,28). The first kappa shape index (κ1) is 20.8. The van der Waals surface area contributed by atoms with Crippen molar-refractivity contribution in [2.75, 3.05) is 20.2 Å². The second-order valence-electron chi connectivity index (χ2n) is 7.10. The maximum atomic E-state index is 13.7. The van der Waals surface area contributed by atoms with E-state index in [1.165, 1.54) is 37.4 Å². The molecular weight excluding hydrogens is 378 g/mol. The molecule has 0 aliphatic carbocycles. The minimum Gasteiger partial charge on any atom is -0.494 e. The van der Waals surface area contributed by atoms with Crippen molar-refractivity contribution in [1.29, 1.82) is 0 Å². The van der Waals surface area contributed by atoms with Crippen molar-refractivity contribution < 1.29 is 23.1 Å². The fourth-order valence-electron chi connectivity index (χ4n) is 3.42. The molecule has 2 amide bonds. The van der Waals surface area contributed by atoms with Gasteiger partial charge in [-0.2, -0.15) is 0 Å². The van der Waals surface area contributed by atoms with Gasteiger partial charge in [-0.25, -0.2) is 8.78 Å². The molecule has 1 saturated heterocycles. The Morgan fingerprint density at radius 2 is 1.79 bits per heavy atom. The first-order valence-electron chi connectivity index (χ1n) is 9.63. The van der Waals surface area contributed by atoms with Crippen LogP contribution in [0.5, 0.6) is 5.75 Å². The van der Waals surface area contributed by atoms with E-state index in [0.717, 1.165) is 5.56 Å². The number of carbonyl (C=O) groups excluding carboxylic acids is 2. The Balaban J connectivity index is 1.43. The third kappa shape index (κ3) is 5.53. The average molecular weight is 402 g/mol. The van der Waals surface area contributed by atoms with Crippen LogP contribution < -0.4 is 10.1 Å². The Hall–Kier alpha value is -2.96. The zero-order valence-electron chi connectivity index (χ0n) is 16.3. The molecule has 0 bridgehead atoms. The number of hydrogen-bond acceptors (Lipinski definition) is 3. The highest BCUT2D eigenvalue weighted by atomic mass is 19.1. The summed E-state index contributed by atoms with van der Waals surface area (Å²) in [4.78, 5) is 26.4. The monoisotopic (exact) mass is 402 g/mol. The molecule has 1 N–H and O–H groups in total. The maximum absolute atomic E-state index is 13.7. The van der Waals surface area contributed by atoms with E-state index in [9.17, 15) is 18.4 Å². The fraction of sp³-hybridized carbons (Fsp3) is 0.364. The molecule has 2 aromatic carbocycles. The van der Waals surface area contributed by atoms with Gasteiger partial charge in [-0.3, -0.25) is 9.59 Å². The van der Waals surface area contributed by atoms with Gasteiger partial charge in [0, 0.05) is 31.1 Å². The second-order valence-corrected chi connectivity index (χ2v) is 7.10.